The molecular weight excluding hydrogens is 1560 g/mol. The lowest BCUT2D eigenvalue weighted by Gasteiger charge is -2.20. The molecule has 10 aromatic rings. The third kappa shape index (κ3) is 40.7. The van der Waals surface area contributed by atoms with Crippen LogP contribution in [0.2, 0.25) is 15.1 Å². The monoisotopic (exact) mass is 1680 g/mol. The van der Waals surface area contributed by atoms with Gasteiger partial charge in [-0.2, -0.15) is 4.33 Å². The average Bonchev–Trinajstić information content (AvgIpc) is 0.845. The van der Waals surface area contributed by atoms with Gasteiger partial charge in [0, 0.05) is 89.8 Å². The molecule has 1 heterocycles. The Bertz CT molecular complexity index is 4420. The van der Waals surface area contributed by atoms with Crippen LogP contribution in [0.3, 0.4) is 0 Å². The Morgan fingerprint density at radius 3 is 1.28 bits per heavy atom. The molecule has 0 aliphatic rings. The standard InChI is InChI=1S/C11H14O3S.C11H14O2.C11H14O.C10H12F2.C10H11FO.C10H12O.C9H10ClF.2C9H11Cl.C9H11NO/c1-8(2)11(12)9-6-4-5-7-10(9)15-14-13-3;1-8(2)11(12)9-6-4-5-7-10(9)13-3;1-8(2)11(12)10-7-5-4-6-9(10)3;1-8(2)10(11,12)9-6-4-3-5-7-9;1-7(2)10(12)8-5-3-4-6-9(8)11;1-8(2)10(11)9-6-4-3-5-7-9;1-6(2)8-5-7(11)3-4-9(8)10;1-7(2)8-3-5-9(10)6-4-8;1-7(2)8-4-3-5-9(10)6-8;1-7(2)9(11)8-5-3-4-6-10-8/h4-8H,1-3H3;4-8H,1-3H3;4-8H,1-3H3;3-8H,1-2H3;3-7H,1-2H3;3-8H,1-2H3;3-6H,1-2H3;2*3-7H,1-2H3;3-7H,1-2H3. The molecule has 0 spiro atoms. The fraction of sp³-hybridized carbons (Fsp3) is 0.343. The van der Waals surface area contributed by atoms with E-state index in [0.29, 0.717) is 39.4 Å². The molecule has 18 heteroatoms. The number of benzene rings is 9. The number of hydrogen-bond donors (Lipinski definition) is 0. The third-order valence-electron chi connectivity index (χ3n) is 16.9. The second-order valence-corrected chi connectivity index (χ2v) is 31.9. The highest BCUT2D eigenvalue weighted by Gasteiger charge is 2.35. The number of pyridine rings is 1. The van der Waals surface area contributed by atoms with Gasteiger partial charge in [-0.15, -0.1) is 0 Å². The van der Waals surface area contributed by atoms with E-state index in [1.54, 1.807) is 93.9 Å². The van der Waals surface area contributed by atoms with E-state index in [-0.39, 0.29) is 93.1 Å². The predicted molar refractivity (Wildman–Crippen MR) is 478 cm³/mol. The molecule has 10 rings (SSSR count). The molecule has 0 unspecified atom stereocenters. The van der Waals surface area contributed by atoms with Crippen molar-refractivity contribution in [2.75, 3.05) is 14.2 Å². The van der Waals surface area contributed by atoms with Gasteiger partial charge in [-0.05, 0) is 132 Å². The molecule has 0 saturated carbocycles. The minimum absolute atomic E-state index is 0.0105. The van der Waals surface area contributed by atoms with E-state index in [1.165, 1.54) is 68.5 Å². The number of ether oxygens (including phenoxy) is 1. The summed E-state index contributed by atoms with van der Waals surface area (Å²) in [6.45, 7) is 40.1. The van der Waals surface area contributed by atoms with Gasteiger partial charge in [0.25, 0.3) is 5.92 Å². The van der Waals surface area contributed by atoms with Crippen molar-refractivity contribution in [2.45, 2.75) is 174 Å². The van der Waals surface area contributed by atoms with Crippen molar-refractivity contribution in [3.8, 4) is 5.75 Å². The number of aryl methyl sites for hydroxylation is 1. The highest BCUT2D eigenvalue weighted by atomic mass is 35.5. The zero-order valence-electron chi connectivity index (χ0n) is 72.1. The van der Waals surface area contributed by atoms with Crippen molar-refractivity contribution in [1.29, 1.82) is 0 Å². The van der Waals surface area contributed by atoms with E-state index < -0.39 is 17.7 Å². The highest BCUT2D eigenvalue weighted by molar-refractivity contribution is 7.94. The molecule has 0 atom stereocenters. The number of carbonyl (C=O) groups excluding carboxylic acids is 6. The number of ketones is 6. The van der Waals surface area contributed by atoms with Crippen LogP contribution in [0.15, 0.2) is 254 Å². The molecule has 0 saturated heterocycles. The van der Waals surface area contributed by atoms with Crippen LogP contribution >= 0.6 is 46.8 Å². The zero-order valence-corrected chi connectivity index (χ0v) is 75.2. The van der Waals surface area contributed by atoms with E-state index in [0.717, 1.165) is 49.2 Å². The first-order valence-electron chi connectivity index (χ1n) is 39.1. The van der Waals surface area contributed by atoms with E-state index in [1.807, 2.05) is 211 Å². The van der Waals surface area contributed by atoms with Gasteiger partial charge in [-0.1, -0.05) is 331 Å². The SMILES string of the molecule is CC(C)C(=O)c1ccccc1.CC(C)C(=O)c1ccccc1F.CC(C)C(=O)c1ccccn1.CC(C)C(F)(F)c1ccccc1.CC(C)c1cc(F)ccc1Cl.CC(C)c1ccc(Cl)cc1.CC(C)c1cccc(Cl)c1.COOSc1ccccc1C(=O)C(C)C.COc1ccccc1C(=O)C(C)C.Cc1ccccc1C(=O)C(C)C. The van der Waals surface area contributed by atoms with Crippen molar-refractivity contribution in [2.24, 2.45) is 41.4 Å². The predicted octanol–water partition coefficient (Wildman–Crippen LogP) is 29.6. The topological polar surface area (TPSA) is 143 Å². The first-order valence-corrected chi connectivity index (χ1v) is 40.9. The van der Waals surface area contributed by atoms with Crippen molar-refractivity contribution in [3.05, 3.63) is 337 Å². The smallest absolute Gasteiger partial charge is 0.275 e. The van der Waals surface area contributed by atoms with Crippen LogP contribution in [0.5, 0.6) is 5.75 Å². The van der Waals surface area contributed by atoms with Gasteiger partial charge in [-0.3, -0.25) is 33.8 Å². The van der Waals surface area contributed by atoms with Crippen molar-refractivity contribution in [1.82, 2.24) is 4.98 Å². The fourth-order valence-corrected chi connectivity index (χ4v) is 11.0. The Morgan fingerprint density at radius 1 is 0.393 bits per heavy atom. The molecule has 117 heavy (non-hydrogen) atoms. The Hall–Kier alpha value is -9.19. The van der Waals surface area contributed by atoms with Crippen molar-refractivity contribution < 1.29 is 60.3 Å². The molecule has 0 aliphatic carbocycles. The Kier molecular flexibility index (Phi) is 51.6. The minimum atomic E-state index is -2.71. The summed E-state index contributed by atoms with van der Waals surface area (Å²) >= 11 is 18.4. The van der Waals surface area contributed by atoms with Gasteiger partial charge >= 0.3 is 0 Å². The van der Waals surface area contributed by atoms with Gasteiger partial charge in [0.2, 0.25) is 0 Å². The summed E-state index contributed by atoms with van der Waals surface area (Å²) in [5.41, 5.74) is 8.42. The Labute approximate surface area is 714 Å². The van der Waals surface area contributed by atoms with Crippen LogP contribution in [-0.4, -0.2) is 53.9 Å². The van der Waals surface area contributed by atoms with Gasteiger partial charge < -0.3 is 4.74 Å². The molecule has 0 fully saturated rings. The number of alkyl halides is 2. The van der Waals surface area contributed by atoms with E-state index in [9.17, 15) is 46.3 Å². The quantitative estimate of drug-likeness (QED) is 0.0223. The number of halogens is 7. The summed E-state index contributed by atoms with van der Waals surface area (Å²) in [6.07, 6.45) is 1.63. The van der Waals surface area contributed by atoms with Crippen LogP contribution < -0.4 is 4.74 Å². The summed E-state index contributed by atoms with van der Waals surface area (Å²) in [7, 11) is 3.01. The number of rotatable bonds is 21. The maximum absolute atomic E-state index is 13.3. The molecule has 10 nitrogen and oxygen atoms in total. The lowest BCUT2D eigenvalue weighted by atomic mass is 9.97. The van der Waals surface area contributed by atoms with Gasteiger partial charge in [0.05, 0.1) is 37.4 Å². The fourth-order valence-electron chi connectivity index (χ4n) is 9.82. The average molecular weight is 1680 g/mol. The maximum Gasteiger partial charge on any atom is 0.275 e. The van der Waals surface area contributed by atoms with Crippen LogP contribution in [0.4, 0.5) is 17.6 Å². The molecule has 0 aliphatic heterocycles. The van der Waals surface area contributed by atoms with Gasteiger partial charge in [0.1, 0.15) is 23.1 Å². The third-order valence-corrected chi connectivity index (χ3v) is 18.5. The summed E-state index contributed by atoms with van der Waals surface area (Å²) in [4.78, 5) is 78.2. The van der Waals surface area contributed by atoms with Crippen LogP contribution in [0, 0.1) is 60.0 Å². The number of hydrogen-bond acceptors (Lipinski definition) is 11. The van der Waals surface area contributed by atoms with E-state index in [2.05, 4.69) is 55.8 Å². The molecule has 0 radical (unpaired) electrons. The summed E-state index contributed by atoms with van der Waals surface area (Å²) in [6, 6.07) is 71.4. The largest absolute Gasteiger partial charge is 0.496 e. The molecule has 1 aromatic heterocycles. The first-order chi connectivity index (χ1) is 55.1. The maximum atomic E-state index is 13.3. The minimum Gasteiger partial charge on any atom is -0.496 e. The number of para-hydroxylation sites is 1. The lowest BCUT2D eigenvalue weighted by Crippen LogP contribution is -2.20. The van der Waals surface area contributed by atoms with Crippen molar-refractivity contribution >= 4 is 81.5 Å². The molecular formula is C99H120Cl3F4NO9S. The second kappa shape index (κ2) is 57.0. The Morgan fingerprint density at radius 2 is 0.838 bits per heavy atom. The summed E-state index contributed by atoms with van der Waals surface area (Å²) in [5.74, 6) is -1.24. The highest BCUT2D eigenvalue weighted by Crippen LogP contribution is 2.35. The van der Waals surface area contributed by atoms with Crippen LogP contribution in [0.25, 0.3) is 0 Å². The van der Waals surface area contributed by atoms with Crippen LogP contribution in [-0.2, 0) is 15.1 Å². The number of carbonyl (C=O) groups is 6. The summed E-state index contributed by atoms with van der Waals surface area (Å²) < 4.78 is 62.0. The number of Topliss-reactive ketones (excluding diaryl/α,β-unsaturated/α-hetero) is 6. The van der Waals surface area contributed by atoms with Gasteiger partial charge in [0.15, 0.2) is 34.7 Å². The normalized spacial score (nSPS) is 10.5. The van der Waals surface area contributed by atoms with Gasteiger partial charge in [-0.25, -0.2) is 22.4 Å². The molecule has 0 N–H and O–H groups in total. The number of nitrogens with zero attached hydrogens (tertiary/aromatic N) is 1. The molecule has 0 amide bonds. The van der Waals surface area contributed by atoms with Crippen molar-refractivity contribution in [3.63, 3.8) is 0 Å². The second-order valence-electron chi connectivity index (χ2n) is 29.9. The van der Waals surface area contributed by atoms with Crippen LogP contribution in [0.1, 0.15) is 246 Å². The number of aromatic nitrogens is 1. The lowest BCUT2D eigenvalue weighted by molar-refractivity contribution is -0.160. The molecule has 630 valence electrons. The summed E-state index contributed by atoms with van der Waals surface area (Å²) in [5, 5.41) is 2.28. The molecule has 9 aromatic carbocycles. The molecule has 0 bridgehead atoms. The van der Waals surface area contributed by atoms with E-state index in [4.69, 9.17) is 43.9 Å². The number of methoxy groups -OCH3 is 1. The zero-order chi connectivity index (χ0) is 88.7. The van der Waals surface area contributed by atoms with E-state index >= 15 is 0 Å². The first kappa shape index (κ1) is 106. The Balaban J connectivity index is 0.000000651.